The van der Waals surface area contributed by atoms with E-state index in [9.17, 15) is 0 Å². The average molecular weight is 314 g/mol. The Morgan fingerprint density at radius 2 is 2.10 bits per heavy atom. The molecule has 1 heterocycles. The SMILES string of the molecule is CNCc1ccc(OCc2c(C)nn(C)c2Cl)c(Cl)c1. The highest BCUT2D eigenvalue weighted by Crippen LogP contribution is 2.28. The van der Waals surface area contributed by atoms with Crippen LogP contribution in [0.3, 0.4) is 0 Å². The zero-order chi connectivity index (χ0) is 14.7. The Morgan fingerprint density at radius 3 is 2.65 bits per heavy atom. The molecule has 1 aromatic carbocycles. The summed E-state index contributed by atoms with van der Waals surface area (Å²) in [5.74, 6) is 0.644. The molecule has 0 saturated heterocycles. The van der Waals surface area contributed by atoms with Gasteiger partial charge in [-0.2, -0.15) is 5.10 Å². The van der Waals surface area contributed by atoms with Crippen LogP contribution in [0.4, 0.5) is 0 Å². The van der Waals surface area contributed by atoms with Gasteiger partial charge < -0.3 is 10.1 Å². The van der Waals surface area contributed by atoms with E-state index < -0.39 is 0 Å². The van der Waals surface area contributed by atoms with E-state index in [-0.39, 0.29) is 0 Å². The summed E-state index contributed by atoms with van der Waals surface area (Å²) < 4.78 is 7.37. The molecule has 0 unspecified atom stereocenters. The van der Waals surface area contributed by atoms with Gasteiger partial charge in [-0.3, -0.25) is 4.68 Å². The summed E-state index contributed by atoms with van der Waals surface area (Å²) in [5.41, 5.74) is 2.85. The Kier molecular flexibility index (Phi) is 4.91. The molecule has 1 N–H and O–H groups in total. The molecular weight excluding hydrogens is 297 g/mol. The van der Waals surface area contributed by atoms with Crippen molar-refractivity contribution in [2.75, 3.05) is 7.05 Å². The maximum Gasteiger partial charge on any atom is 0.138 e. The Bertz CT molecular complexity index is 611. The Labute approximate surface area is 128 Å². The van der Waals surface area contributed by atoms with Crippen molar-refractivity contribution in [3.63, 3.8) is 0 Å². The van der Waals surface area contributed by atoms with Crippen molar-refractivity contribution in [3.8, 4) is 5.75 Å². The quantitative estimate of drug-likeness (QED) is 0.920. The van der Waals surface area contributed by atoms with Gasteiger partial charge in [-0.15, -0.1) is 0 Å². The number of hydrogen-bond donors (Lipinski definition) is 1. The first kappa shape index (κ1) is 15.2. The molecule has 0 bridgehead atoms. The van der Waals surface area contributed by atoms with Crippen LogP contribution in [-0.4, -0.2) is 16.8 Å². The summed E-state index contributed by atoms with van der Waals surface area (Å²) >= 11 is 12.4. The fourth-order valence-electron chi connectivity index (χ4n) is 1.96. The molecule has 0 radical (unpaired) electrons. The second kappa shape index (κ2) is 6.48. The van der Waals surface area contributed by atoms with Gasteiger partial charge in [-0.25, -0.2) is 0 Å². The van der Waals surface area contributed by atoms with Crippen LogP contribution >= 0.6 is 23.2 Å². The standard InChI is InChI=1S/C14H17Cl2N3O/c1-9-11(14(16)19(3)18-9)8-20-13-5-4-10(7-17-2)6-12(13)15/h4-6,17H,7-8H2,1-3H3. The lowest BCUT2D eigenvalue weighted by atomic mass is 10.2. The molecule has 0 aliphatic heterocycles. The van der Waals surface area contributed by atoms with Gasteiger partial charge in [0, 0.05) is 19.2 Å². The summed E-state index contributed by atoms with van der Waals surface area (Å²) in [5, 5.41) is 8.51. The van der Waals surface area contributed by atoms with Crippen LogP contribution in [0.25, 0.3) is 0 Å². The van der Waals surface area contributed by atoms with Crippen molar-refractivity contribution in [2.45, 2.75) is 20.1 Å². The van der Waals surface area contributed by atoms with Crippen LogP contribution in [-0.2, 0) is 20.2 Å². The minimum absolute atomic E-state index is 0.351. The van der Waals surface area contributed by atoms with Crippen molar-refractivity contribution >= 4 is 23.2 Å². The number of aryl methyl sites for hydroxylation is 2. The van der Waals surface area contributed by atoms with Crippen molar-refractivity contribution < 1.29 is 4.74 Å². The van der Waals surface area contributed by atoms with Crippen LogP contribution in [0, 0.1) is 6.92 Å². The maximum absolute atomic E-state index is 6.21. The number of nitrogens with zero attached hydrogens (tertiary/aromatic N) is 2. The van der Waals surface area contributed by atoms with Gasteiger partial charge in [0.15, 0.2) is 0 Å². The van der Waals surface area contributed by atoms with Gasteiger partial charge in [0.1, 0.15) is 17.5 Å². The molecule has 0 aliphatic rings. The van der Waals surface area contributed by atoms with Crippen molar-refractivity contribution in [1.82, 2.24) is 15.1 Å². The molecule has 2 aromatic rings. The minimum atomic E-state index is 0.351. The zero-order valence-electron chi connectivity index (χ0n) is 11.7. The molecular formula is C14H17Cl2N3O. The van der Waals surface area contributed by atoms with E-state index in [0.29, 0.717) is 22.5 Å². The van der Waals surface area contributed by atoms with E-state index in [1.165, 1.54) is 0 Å². The molecule has 108 valence electrons. The van der Waals surface area contributed by atoms with E-state index in [4.69, 9.17) is 27.9 Å². The summed E-state index contributed by atoms with van der Waals surface area (Å²) in [6.45, 7) is 3.03. The Morgan fingerprint density at radius 1 is 1.35 bits per heavy atom. The number of benzene rings is 1. The molecule has 0 amide bonds. The molecule has 1 aromatic heterocycles. The van der Waals surface area contributed by atoms with E-state index in [0.717, 1.165) is 23.4 Å². The third-order valence-electron chi connectivity index (χ3n) is 3.02. The topological polar surface area (TPSA) is 39.1 Å². The minimum Gasteiger partial charge on any atom is -0.487 e. The fraction of sp³-hybridized carbons (Fsp3) is 0.357. The summed E-state index contributed by atoms with van der Waals surface area (Å²) in [4.78, 5) is 0. The molecule has 20 heavy (non-hydrogen) atoms. The molecule has 2 rings (SSSR count). The summed E-state index contributed by atoms with van der Waals surface area (Å²) in [6, 6.07) is 5.75. The highest BCUT2D eigenvalue weighted by Gasteiger charge is 2.12. The predicted octanol–water partition coefficient (Wildman–Crippen LogP) is 3.33. The number of rotatable bonds is 5. The van der Waals surface area contributed by atoms with E-state index in [2.05, 4.69) is 10.4 Å². The predicted molar refractivity (Wildman–Crippen MR) is 81.5 cm³/mol. The van der Waals surface area contributed by atoms with Crippen molar-refractivity contribution in [2.24, 2.45) is 7.05 Å². The number of ether oxygens (including phenoxy) is 1. The van der Waals surface area contributed by atoms with E-state index in [1.54, 1.807) is 11.7 Å². The third kappa shape index (κ3) is 3.26. The van der Waals surface area contributed by atoms with Crippen LogP contribution in [0.1, 0.15) is 16.8 Å². The van der Waals surface area contributed by atoms with Crippen molar-refractivity contribution in [3.05, 3.63) is 45.2 Å². The molecule has 0 spiro atoms. The molecule has 0 saturated carbocycles. The van der Waals surface area contributed by atoms with E-state index in [1.807, 2.05) is 32.2 Å². The second-order valence-corrected chi connectivity index (χ2v) is 5.33. The smallest absolute Gasteiger partial charge is 0.138 e. The van der Waals surface area contributed by atoms with Crippen LogP contribution in [0.15, 0.2) is 18.2 Å². The van der Waals surface area contributed by atoms with Crippen LogP contribution < -0.4 is 10.1 Å². The van der Waals surface area contributed by atoms with Gasteiger partial charge in [0.25, 0.3) is 0 Å². The molecule has 0 aliphatic carbocycles. The number of halogens is 2. The van der Waals surface area contributed by atoms with Gasteiger partial charge in [0.05, 0.1) is 10.7 Å². The van der Waals surface area contributed by atoms with Crippen molar-refractivity contribution in [1.29, 1.82) is 0 Å². The lowest BCUT2D eigenvalue weighted by molar-refractivity contribution is 0.305. The summed E-state index contributed by atoms with van der Waals surface area (Å²) in [7, 11) is 3.70. The number of aromatic nitrogens is 2. The maximum atomic E-state index is 6.21. The monoisotopic (exact) mass is 313 g/mol. The average Bonchev–Trinajstić information content (AvgIpc) is 2.64. The molecule has 4 nitrogen and oxygen atoms in total. The van der Waals surface area contributed by atoms with Gasteiger partial charge in [-0.1, -0.05) is 29.3 Å². The van der Waals surface area contributed by atoms with E-state index >= 15 is 0 Å². The van der Waals surface area contributed by atoms with Crippen LogP contribution in [0.2, 0.25) is 10.2 Å². The fourth-order valence-corrected chi connectivity index (χ4v) is 2.45. The highest BCUT2D eigenvalue weighted by atomic mass is 35.5. The van der Waals surface area contributed by atoms with Gasteiger partial charge >= 0.3 is 0 Å². The third-order valence-corrected chi connectivity index (χ3v) is 3.79. The van der Waals surface area contributed by atoms with Gasteiger partial charge in [0.2, 0.25) is 0 Å². The normalized spacial score (nSPS) is 10.8. The number of nitrogens with one attached hydrogen (secondary N) is 1. The second-order valence-electron chi connectivity index (χ2n) is 4.56. The summed E-state index contributed by atoms with van der Waals surface area (Å²) in [6.07, 6.45) is 0. The Balaban J connectivity index is 2.11. The van der Waals surface area contributed by atoms with Gasteiger partial charge in [-0.05, 0) is 31.7 Å². The molecule has 0 fully saturated rings. The molecule has 6 heteroatoms. The first-order valence-electron chi connectivity index (χ1n) is 6.26. The first-order chi connectivity index (χ1) is 9.52. The zero-order valence-corrected chi connectivity index (χ0v) is 13.2. The Hall–Kier alpha value is -1.23. The molecule has 0 atom stereocenters. The van der Waals surface area contributed by atoms with Crippen LogP contribution in [0.5, 0.6) is 5.75 Å². The largest absolute Gasteiger partial charge is 0.487 e. The number of hydrogen-bond acceptors (Lipinski definition) is 3. The lowest BCUT2D eigenvalue weighted by Crippen LogP contribution is -2.05. The highest BCUT2D eigenvalue weighted by molar-refractivity contribution is 6.32. The first-order valence-corrected chi connectivity index (χ1v) is 7.02. The lowest BCUT2D eigenvalue weighted by Gasteiger charge is -2.09.